The number of aromatic nitrogens is 2. The highest BCUT2D eigenvalue weighted by atomic mass is 32.2. The minimum atomic E-state index is -4.51. The van der Waals surface area contributed by atoms with E-state index >= 15 is 0 Å². The van der Waals surface area contributed by atoms with E-state index in [-0.39, 0.29) is 10.5 Å². The summed E-state index contributed by atoms with van der Waals surface area (Å²) in [6, 6.07) is 2.93. The molecule has 0 atom stereocenters. The molecule has 24 heavy (non-hydrogen) atoms. The molecule has 0 spiro atoms. The van der Waals surface area contributed by atoms with Crippen molar-refractivity contribution in [2.24, 2.45) is 0 Å². The third kappa shape index (κ3) is 4.53. The van der Waals surface area contributed by atoms with Crippen LogP contribution >= 0.6 is 12.2 Å². The van der Waals surface area contributed by atoms with E-state index in [1.54, 1.807) is 4.83 Å². The molecule has 0 fully saturated rings. The summed E-state index contributed by atoms with van der Waals surface area (Å²) in [6.07, 6.45) is -0.401. The number of sulfonamides is 1. The Hall–Kier alpha value is -2.44. The van der Waals surface area contributed by atoms with E-state index in [2.05, 4.69) is 9.97 Å². The average molecular weight is 376 g/mol. The van der Waals surface area contributed by atoms with Gasteiger partial charge in [-0.25, -0.2) is 17.2 Å². The molecule has 2 aromatic rings. The third-order valence-corrected chi connectivity index (χ3v) is 4.14. The molecule has 0 unspecified atom stereocenters. The lowest BCUT2D eigenvalue weighted by Gasteiger charge is -2.09. The SMILES string of the molecule is O=C(Cc1cc(=O)[nH]c(=S)[nH]1)NNS(=O)(=O)c1cc(F)ccc1F. The Labute approximate surface area is 139 Å². The molecule has 1 aromatic heterocycles. The van der Waals surface area contributed by atoms with Crippen LogP contribution in [0.25, 0.3) is 0 Å². The highest BCUT2D eigenvalue weighted by molar-refractivity contribution is 7.89. The molecule has 8 nitrogen and oxygen atoms in total. The molecule has 0 radical (unpaired) electrons. The molecule has 0 aliphatic carbocycles. The van der Waals surface area contributed by atoms with Crippen LogP contribution in [0.15, 0.2) is 34.0 Å². The Kier molecular flexibility index (Phi) is 5.21. The smallest absolute Gasteiger partial charge is 0.260 e. The number of amides is 1. The van der Waals surface area contributed by atoms with Crippen molar-refractivity contribution in [3.8, 4) is 0 Å². The number of H-pyrrole nitrogens is 2. The Balaban J connectivity index is 2.09. The second-order valence-corrected chi connectivity index (χ2v) is 6.58. The number of hydrogen-bond donors (Lipinski definition) is 4. The van der Waals surface area contributed by atoms with Crippen LogP contribution in [0.3, 0.4) is 0 Å². The maximum atomic E-state index is 13.5. The highest BCUT2D eigenvalue weighted by Crippen LogP contribution is 2.14. The molecular weight excluding hydrogens is 366 g/mol. The van der Waals surface area contributed by atoms with Crippen LogP contribution in [0.5, 0.6) is 0 Å². The number of aromatic amines is 2. The largest absolute Gasteiger partial charge is 0.335 e. The number of hydrogen-bond acceptors (Lipinski definition) is 5. The molecule has 4 N–H and O–H groups in total. The van der Waals surface area contributed by atoms with Crippen LogP contribution in [0, 0.1) is 16.4 Å². The van der Waals surface area contributed by atoms with Crippen molar-refractivity contribution in [2.45, 2.75) is 11.3 Å². The fourth-order valence-electron chi connectivity index (χ4n) is 1.69. The van der Waals surface area contributed by atoms with Gasteiger partial charge in [-0.15, -0.1) is 4.83 Å². The first-order valence-corrected chi connectivity index (χ1v) is 8.15. The Morgan fingerprint density at radius 3 is 2.58 bits per heavy atom. The first-order valence-electron chi connectivity index (χ1n) is 6.25. The van der Waals surface area contributed by atoms with Gasteiger partial charge in [0.05, 0.1) is 6.42 Å². The zero-order valence-corrected chi connectivity index (χ0v) is 13.4. The summed E-state index contributed by atoms with van der Waals surface area (Å²) < 4.78 is 50.2. The number of halogens is 2. The summed E-state index contributed by atoms with van der Waals surface area (Å²) in [5.74, 6) is -3.00. The standard InChI is InChI=1S/C12H10F2N4O4S2/c13-6-1-2-8(14)9(3-6)24(21,22)18-17-11(20)5-7-4-10(19)16-12(23)15-7/h1-4,18H,5H2,(H,17,20)(H2,15,16,19,23). The normalized spacial score (nSPS) is 11.2. The number of carbonyl (C=O) groups excluding carboxylic acids is 1. The van der Waals surface area contributed by atoms with Crippen LogP contribution in [0.4, 0.5) is 8.78 Å². The van der Waals surface area contributed by atoms with E-state index in [0.717, 1.165) is 12.1 Å². The average Bonchev–Trinajstić information content (AvgIpc) is 2.46. The van der Waals surface area contributed by atoms with Crippen molar-refractivity contribution >= 4 is 28.1 Å². The van der Waals surface area contributed by atoms with Crippen molar-refractivity contribution in [1.29, 1.82) is 0 Å². The van der Waals surface area contributed by atoms with Crippen LogP contribution in [0.1, 0.15) is 5.69 Å². The number of hydrazine groups is 1. The van der Waals surface area contributed by atoms with Crippen LogP contribution in [-0.2, 0) is 21.2 Å². The van der Waals surface area contributed by atoms with Gasteiger partial charge < -0.3 is 4.98 Å². The van der Waals surface area contributed by atoms with Gasteiger partial charge in [-0.3, -0.25) is 20.0 Å². The van der Waals surface area contributed by atoms with E-state index in [0.29, 0.717) is 12.1 Å². The van der Waals surface area contributed by atoms with Crippen molar-refractivity contribution < 1.29 is 22.0 Å². The monoisotopic (exact) mass is 376 g/mol. The summed E-state index contributed by atoms with van der Waals surface area (Å²) in [7, 11) is -4.51. The predicted octanol–water partition coefficient (Wildman–Crippen LogP) is 0.263. The molecule has 2 rings (SSSR count). The Morgan fingerprint density at radius 1 is 1.21 bits per heavy atom. The van der Waals surface area contributed by atoms with Gasteiger partial charge in [0.1, 0.15) is 16.5 Å². The molecule has 0 saturated heterocycles. The maximum absolute atomic E-state index is 13.5. The van der Waals surface area contributed by atoms with Gasteiger partial charge >= 0.3 is 0 Å². The molecule has 1 aromatic carbocycles. The Morgan fingerprint density at radius 2 is 1.92 bits per heavy atom. The summed E-state index contributed by atoms with van der Waals surface area (Å²) in [5, 5.41) is 0. The fraction of sp³-hybridized carbons (Fsp3) is 0.0833. The van der Waals surface area contributed by atoms with Crippen molar-refractivity contribution in [3.63, 3.8) is 0 Å². The van der Waals surface area contributed by atoms with Crippen molar-refractivity contribution in [3.05, 3.63) is 56.7 Å². The van der Waals surface area contributed by atoms with Gasteiger partial charge in [-0.05, 0) is 30.4 Å². The van der Waals surface area contributed by atoms with E-state index in [4.69, 9.17) is 12.2 Å². The molecule has 1 amide bonds. The van der Waals surface area contributed by atoms with E-state index < -0.39 is 44.4 Å². The van der Waals surface area contributed by atoms with Crippen molar-refractivity contribution in [1.82, 2.24) is 20.2 Å². The summed E-state index contributed by atoms with van der Waals surface area (Å²) in [4.78, 5) is 28.4. The number of rotatable bonds is 5. The van der Waals surface area contributed by atoms with Crippen LogP contribution in [-0.4, -0.2) is 24.3 Å². The number of benzene rings is 1. The molecule has 128 valence electrons. The minimum absolute atomic E-state index is 0.00675. The van der Waals surface area contributed by atoms with Gasteiger partial charge in [0.15, 0.2) is 4.77 Å². The number of nitrogens with one attached hydrogen (secondary N) is 4. The molecule has 0 aliphatic rings. The topological polar surface area (TPSA) is 124 Å². The first kappa shape index (κ1) is 17.9. The van der Waals surface area contributed by atoms with E-state index in [9.17, 15) is 26.8 Å². The zero-order chi connectivity index (χ0) is 17.9. The molecule has 12 heteroatoms. The second-order valence-electron chi connectivity index (χ2n) is 4.52. The van der Waals surface area contributed by atoms with Crippen LogP contribution in [0.2, 0.25) is 0 Å². The van der Waals surface area contributed by atoms with Gasteiger partial charge in [-0.1, -0.05) is 0 Å². The quantitative estimate of drug-likeness (QED) is 0.440. The van der Waals surface area contributed by atoms with Gasteiger partial charge in [0, 0.05) is 11.8 Å². The summed E-state index contributed by atoms with van der Waals surface area (Å²) in [6.45, 7) is 0. The lowest BCUT2D eigenvalue weighted by molar-refractivity contribution is -0.120. The molecule has 1 heterocycles. The molecular formula is C12H10F2N4O4S2. The summed E-state index contributed by atoms with van der Waals surface area (Å²) >= 11 is 4.72. The van der Waals surface area contributed by atoms with Gasteiger partial charge in [0.25, 0.3) is 15.6 Å². The predicted molar refractivity (Wildman–Crippen MR) is 80.8 cm³/mol. The lowest BCUT2D eigenvalue weighted by atomic mass is 10.3. The second kappa shape index (κ2) is 6.98. The van der Waals surface area contributed by atoms with Gasteiger partial charge in [-0.2, -0.15) is 0 Å². The van der Waals surface area contributed by atoms with Gasteiger partial charge in [0.2, 0.25) is 5.91 Å². The van der Waals surface area contributed by atoms with Crippen molar-refractivity contribution in [2.75, 3.05) is 0 Å². The van der Waals surface area contributed by atoms with E-state index in [1.165, 1.54) is 0 Å². The third-order valence-electron chi connectivity index (χ3n) is 2.67. The Bertz CT molecular complexity index is 972. The van der Waals surface area contributed by atoms with Crippen LogP contribution < -0.4 is 15.8 Å². The molecule has 0 bridgehead atoms. The lowest BCUT2D eigenvalue weighted by Crippen LogP contribution is -2.42. The summed E-state index contributed by atoms with van der Waals surface area (Å²) in [5.41, 5.74) is 1.42. The zero-order valence-electron chi connectivity index (χ0n) is 11.7. The maximum Gasteiger partial charge on any atom is 0.260 e. The fourth-order valence-corrected chi connectivity index (χ4v) is 2.88. The minimum Gasteiger partial charge on any atom is -0.335 e. The highest BCUT2D eigenvalue weighted by Gasteiger charge is 2.20. The first-order chi connectivity index (χ1) is 11.2. The molecule has 0 aliphatic heterocycles. The van der Waals surface area contributed by atoms with E-state index in [1.807, 2.05) is 5.43 Å². The molecule has 0 saturated carbocycles. The number of carbonyl (C=O) groups is 1.